The zero-order chi connectivity index (χ0) is 22.3. The summed E-state index contributed by atoms with van der Waals surface area (Å²) in [7, 11) is 0. The largest absolute Gasteiger partial charge is 0.449 e. The lowest BCUT2D eigenvalue weighted by atomic mass is 10.1. The summed E-state index contributed by atoms with van der Waals surface area (Å²) in [5, 5.41) is 3.02. The van der Waals surface area contributed by atoms with Crippen molar-refractivity contribution in [1.29, 1.82) is 0 Å². The number of benzene rings is 3. The maximum absolute atomic E-state index is 13.2. The number of carbonyl (C=O) groups is 2. The van der Waals surface area contributed by atoms with Crippen LogP contribution in [0, 0.1) is 0 Å². The molecule has 0 unspecified atom stereocenters. The first-order valence-electron chi connectivity index (χ1n) is 10.8. The number of carbonyl (C=O) groups excluding carboxylic acids is 2. The molecule has 5 heteroatoms. The fourth-order valence-corrected chi connectivity index (χ4v) is 3.68. The highest BCUT2D eigenvalue weighted by Gasteiger charge is 2.31. The molecule has 3 aromatic carbocycles. The topological polar surface area (TPSA) is 58.6 Å². The van der Waals surface area contributed by atoms with E-state index in [2.05, 4.69) is 17.4 Å². The molecule has 4 rings (SSSR count). The van der Waals surface area contributed by atoms with Gasteiger partial charge in [-0.3, -0.25) is 14.5 Å². The Morgan fingerprint density at radius 2 is 1.62 bits per heavy atom. The summed E-state index contributed by atoms with van der Waals surface area (Å²) in [5.74, 6) is 0.216. The van der Waals surface area contributed by atoms with Gasteiger partial charge in [0.1, 0.15) is 6.54 Å². The van der Waals surface area contributed by atoms with Gasteiger partial charge in [-0.25, -0.2) is 0 Å². The van der Waals surface area contributed by atoms with E-state index in [1.807, 2.05) is 67.6 Å². The maximum Gasteiger partial charge on any atom is 0.294 e. The van der Waals surface area contributed by atoms with Crippen LogP contribution in [0.4, 0.5) is 5.69 Å². The van der Waals surface area contributed by atoms with Crippen molar-refractivity contribution in [1.82, 2.24) is 5.32 Å². The summed E-state index contributed by atoms with van der Waals surface area (Å²) < 4.78 is 5.87. The molecule has 0 spiro atoms. The molecule has 0 fully saturated rings. The average molecular weight is 427 g/mol. The summed E-state index contributed by atoms with van der Waals surface area (Å²) in [5.41, 5.74) is 2.69. The molecule has 0 bridgehead atoms. The molecule has 3 aromatic rings. The second kappa shape index (κ2) is 9.96. The van der Waals surface area contributed by atoms with Crippen LogP contribution < -0.4 is 15.0 Å². The molecule has 1 atom stereocenters. The zero-order valence-corrected chi connectivity index (χ0v) is 18.0. The van der Waals surface area contributed by atoms with Crippen molar-refractivity contribution in [2.75, 3.05) is 11.4 Å². The average Bonchev–Trinajstić information content (AvgIpc) is 2.82. The Morgan fingerprint density at radius 3 is 2.38 bits per heavy atom. The molecule has 1 heterocycles. The fourth-order valence-electron chi connectivity index (χ4n) is 3.68. The van der Waals surface area contributed by atoms with Crippen LogP contribution in [0.5, 0.6) is 5.75 Å². The van der Waals surface area contributed by atoms with Crippen molar-refractivity contribution in [3.63, 3.8) is 0 Å². The number of rotatable bonds is 7. The minimum atomic E-state index is -0.334. The third-order valence-electron chi connectivity index (χ3n) is 5.35. The monoisotopic (exact) mass is 426 g/mol. The van der Waals surface area contributed by atoms with E-state index in [-0.39, 0.29) is 30.2 Å². The number of nitrogens with one attached hydrogen (secondary N) is 1. The van der Waals surface area contributed by atoms with Crippen molar-refractivity contribution in [2.24, 2.45) is 0 Å². The molecular formula is C27H26N2O3. The van der Waals surface area contributed by atoms with Crippen LogP contribution in [0.2, 0.25) is 0 Å². The second-order valence-corrected chi connectivity index (χ2v) is 7.87. The van der Waals surface area contributed by atoms with Crippen molar-refractivity contribution in [3.8, 4) is 5.75 Å². The van der Waals surface area contributed by atoms with Crippen LogP contribution in [0.15, 0.2) is 90.7 Å². The van der Waals surface area contributed by atoms with Gasteiger partial charge in [0.2, 0.25) is 5.91 Å². The van der Waals surface area contributed by atoms with Gasteiger partial charge in [-0.1, -0.05) is 72.8 Å². The van der Waals surface area contributed by atoms with E-state index in [4.69, 9.17) is 4.74 Å². The Bertz CT molecular complexity index is 1110. The van der Waals surface area contributed by atoms with E-state index >= 15 is 0 Å². The summed E-state index contributed by atoms with van der Waals surface area (Å²) in [4.78, 5) is 27.4. The maximum atomic E-state index is 13.2. The molecule has 32 heavy (non-hydrogen) atoms. The number of ether oxygens (including phenoxy) is 1. The molecule has 162 valence electrons. The Morgan fingerprint density at radius 1 is 0.969 bits per heavy atom. The normalized spacial score (nSPS) is 15.1. The Kier molecular flexibility index (Phi) is 6.66. The highest BCUT2D eigenvalue weighted by molar-refractivity contribution is 6.12. The molecule has 1 N–H and O–H groups in total. The van der Waals surface area contributed by atoms with Gasteiger partial charge in [0.05, 0.1) is 5.69 Å². The summed E-state index contributed by atoms with van der Waals surface area (Å²) in [6.45, 7) is 1.91. The molecule has 0 aromatic heterocycles. The van der Waals surface area contributed by atoms with Crippen LogP contribution in [0.1, 0.15) is 24.5 Å². The molecule has 1 aliphatic rings. The van der Waals surface area contributed by atoms with Gasteiger partial charge in [-0.15, -0.1) is 0 Å². The lowest BCUT2D eigenvalue weighted by Crippen LogP contribution is -2.46. The number of para-hydroxylation sites is 2. The molecule has 0 saturated heterocycles. The highest BCUT2D eigenvalue weighted by atomic mass is 16.5. The number of hydrogen-bond donors (Lipinski definition) is 1. The highest BCUT2D eigenvalue weighted by Crippen LogP contribution is 2.35. The Labute approximate surface area is 188 Å². The van der Waals surface area contributed by atoms with E-state index in [9.17, 15) is 9.59 Å². The molecule has 0 aliphatic carbocycles. The minimum absolute atomic E-state index is 0.00609. The van der Waals surface area contributed by atoms with Gasteiger partial charge in [0, 0.05) is 6.04 Å². The number of nitrogens with zero attached hydrogens (tertiary/aromatic N) is 1. The van der Waals surface area contributed by atoms with Crippen molar-refractivity contribution in [2.45, 2.75) is 25.8 Å². The molecule has 0 radical (unpaired) electrons. The van der Waals surface area contributed by atoms with Crippen LogP contribution in [-0.2, 0) is 16.0 Å². The summed E-state index contributed by atoms with van der Waals surface area (Å²) >= 11 is 0. The lowest BCUT2D eigenvalue weighted by molar-refractivity contribution is -0.123. The Hall–Kier alpha value is -3.86. The van der Waals surface area contributed by atoms with Crippen LogP contribution in [0.3, 0.4) is 0 Å². The number of anilines is 1. The molecule has 1 aliphatic heterocycles. The van der Waals surface area contributed by atoms with E-state index in [0.717, 1.165) is 18.4 Å². The van der Waals surface area contributed by atoms with E-state index in [1.54, 1.807) is 18.2 Å². The van der Waals surface area contributed by atoms with Gasteiger partial charge >= 0.3 is 0 Å². The summed E-state index contributed by atoms with van der Waals surface area (Å²) in [6, 6.07) is 26.9. The minimum Gasteiger partial charge on any atom is -0.449 e. The van der Waals surface area contributed by atoms with Gasteiger partial charge in [-0.05, 0) is 49.1 Å². The van der Waals surface area contributed by atoms with Crippen LogP contribution in [0.25, 0.3) is 6.08 Å². The third-order valence-corrected chi connectivity index (χ3v) is 5.35. The first-order chi connectivity index (χ1) is 15.6. The van der Waals surface area contributed by atoms with Gasteiger partial charge in [0.15, 0.2) is 11.5 Å². The van der Waals surface area contributed by atoms with E-state index < -0.39 is 0 Å². The van der Waals surface area contributed by atoms with E-state index in [0.29, 0.717) is 11.4 Å². The molecule has 5 nitrogen and oxygen atoms in total. The molecular weight excluding hydrogens is 400 g/mol. The fraction of sp³-hybridized carbons (Fsp3) is 0.185. The van der Waals surface area contributed by atoms with Crippen LogP contribution >= 0.6 is 0 Å². The molecule has 0 saturated carbocycles. The number of hydrogen-bond acceptors (Lipinski definition) is 3. The van der Waals surface area contributed by atoms with Crippen LogP contribution in [-0.4, -0.2) is 24.4 Å². The molecule has 2 amide bonds. The lowest BCUT2D eigenvalue weighted by Gasteiger charge is -2.30. The van der Waals surface area contributed by atoms with Crippen molar-refractivity contribution >= 4 is 23.6 Å². The number of amides is 2. The standard InChI is InChI=1S/C27H26N2O3/c1-20(16-17-21-10-4-2-5-11-21)28-26(30)19-29-23-14-8-9-15-24(23)32-25(27(29)31)18-22-12-6-3-7-13-22/h2-15,18,20H,16-17,19H2,1H3,(H,28,30)/b25-18+/t20-/m0/s1. The van der Waals surface area contributed by atoms with Gasteiger partial charge in [-0.2, -0.15) is 0 Å². The zero-order valence-electron chi connectivity index (χ0n) is 18.0. The quantitative estimate of drug-likeness (QED) is 0.562. The Balaban J connectivity index is 1.45. The first kappa shape index (κ1) is 21.4. The summed E-state index contributed by atoms with van der Waals surface area (Å²) in [6.07, 6.45) is 3.40. The SMILES string of the molecule is C[C@@H](CCc1ccccc1)NC(=O)CN1C(=O)/C(=C\c2ccccc2)Oc2ccccc21. The van der Waals surface area contributed by atoms with Crippen molar-refractivity contribution in [3.05, 3.63) is 102 Å². The first-order valence-corrected chi connectivity index (χ1v) is 10.8. The predicted molar refractivity (Wildman–Crippen MR) is 126 cm³/mol. The van der Waals surface area contributed by atoms with Gasteiger partial charge < -0.3 is 10.1 Å². The third kappa shape index (κ3) is 5.24. The van der Waals surface area contributed by atoms with E-state index in [1.165, 1.54) is 10.5 Å². The second-order valence-electron chi connectivity index (χ2n) is 7.87. The van der Waals surface area contributed by atoms with Crippen molar-refractivity contribution < 1.29 is 14.3 Å². The predicted octanol–water partition coefficient (Wildman–Crippen LogP) is 4.59. The smallest absolute Gasteiger partial charge is 0.294 e. The number of aryl methyl sites for hydroxylation is 1. The number of fused-ring (bicyclic) bond motifs is 1. The van der Waals surface area contributed by atoms with Gasteiger partial charge in [0.25, 0.3) is 5.91 Å².